The molecule has 0 aliphatic heterocycles. The maximum atomic E-state index is 12.9. The van der Waals surface area contributed by atoms with Gasteiger partial charge in [-0.2, -0.15) is 0 Å². The van der Waals surface area contributed by atoms with Crippen molar-refractivity contribution < 1.29 is 19.2 Å². The van der Waals surface area contributed by atoms with Crippen LogP contribution in [0.4, 0.5) is 0 Å². The second-order valence-corrected chi connectivity index (χ2v) is 20.5. The number of fused-ring (bicyclic) bond motifs is 2. The van der Waals surface area contributed by atoms with Crippen molar-refractivity contribution >= 4 is 23.1 Å². The zero-order chi connectivity index (χ0) is 48.8. The highest BCUT2D eigenvalue weighted by Crippen LogP contribution is 2.31. The predicted octanol–water partition coefficient (Wildman–Crippen LogP) is 18.1. The van der Waals surface area contributed by atoms with E-state index in [9.17, 15) is 19.2 Å². The fourth-order valence-electron chi connectivity index (χ4n) is 8.94. The van der Waals surface area contributed by atoms with Gasteiger partial charge in [0.15, 0.2) is 23.1 Å². The number of benzene rings is 2. The van der Waals surface area contributed by atoms with Gasteiger partial charge in [-0.05, 0) is 137 Å². The van der Waals surface area contributed by atoms with Crippen LogP contribution in [0.15, 0.2) is 129 Å². The van der Waals surface area contributed by atoms with Gasteiger partial charge in [0.2, 0.25) is 0 Å². The van der Waals surface area contributed by atoms with Crippen molar-refractivity contribution in [3.05, 3.63) is 151 Å². The third-order valence-corrected chi connectivity index (χ3v) is 13.6. The molecule has 0 spiro atoms. The van der Waals surface area contributed by atoms with Crippen LogP contribution in [-0.4, -0.2) is 23.1 Å². The van der Waals surface area contributed by atoms with Gasteiger partial charge in [-0.25, -0.2) is 0 Å². The Bertz CT molecular complexity index is 2190. The number of allylic oxidation sites excluding steroid dienone is 14. The quantitative estimate of drug-likeness (QED) is 0.0931. The van der Waals surface area contributed by atoms with E-state index >= 15 is 0 Å². The average molecular weight is 895 g/mol. The van der Waals surface area contributed by atoms with Crippen LogP contribution in [0.1, 0.15) is 234 Å². The molecule has 4 nitrogen and oxygen atoms in total. The highest BCUT2D eigenvalue weighted by molar-refractivity contribution is 6.27. The first-order chi connectivity index (χ1) is 31.4. The van der Waals surface area contributed by atoms with E-state index in [1.165, 1.54) is 79.2 Å². The van der Waals surface area contributed by atoms with Crippen LogP contribution in [0.5, 0.6) is 0 Å². The first kappa shape index (κ1) is 55.6. The molecule has 0 saturated heterocycles. The Labute approximate surface area is 402 Å². The summed E-state index contributed by atoms with van der Waals surface area (Å²) < 4.78 is 0. The molecular formula is C62H86O4. The average Bonchev–Trinajstić information content (AvgIpc) is 3.27. The molecule has 0 amide bonds. The van der Waals surface area contributed by atoms with Crippen molar-refractivity contribution in [3.63, 3.8) is 0 Å². The molecule has 2 aromatic rings. The largest absolute Gasteiger partial charge is 0.289 e. The minimum absolute atomic E-state index is 0.00526. The van der Waals surface area contributed by atoms with Gasteiger partial charge in [0.05, 0.1) is 0 Å². The third kappa shape index (κ3) is 18.9. The van der Waals surface area contributed by atoms with Crippen LogP contribution in [-0.2, 0) is 0 Å². The van der Waals surface area contributed by atoms with Crippen molar-refractivity contribution in [1.82, 2.24) is 0 Å². The lowest BCUT2D eigenvalue weighted by atomic mass is 9.83. The Hall–Kier alpha value is -4.70. The highest BCUT2D eigenvalue weighted by atomic mass is 16.1. The van der Waals surface area contributed by atoms with E-state index in [1.807, 2.05) is 24.3 Å². The molecule has 0 saturated carbocycles. The topological polar surface area (TPSA) is 68.3 Å². The maximum absolute atomic E-state index is 12.9. The third-order valence-electron chi connectivity index (χ3n) is 13.6. The lowest BCUT2D eigenvalue weighted by Crippen LogP contribution is -2.20. The second kappa shape index (κ2) is 29.1. The summed E-state index contributed by atoms with van der Waals surface area (Å²) in [6.07, 6.45) is 30.5. The molecule has 0 N–H and O–H groups in total. The zero-order valence-electron chi connectivity index (χ0n) is 43.4. The molecular weight excluding hydrogens is 809 g/mol. The van der Waals surface area contributed by atoms with E-state index in [0.29, 0.717) is 57.4 Å². The van der Waals surface area contributed by atoms with Gasteiger partial charge in [-0.1, -0.05) is 179 Å². The molecule has 2 aromatic carbocycles. The summed E-state index contributed by atoms with van der Waals surface area (Å²) in [6, 6.07) is 14.3. The van der Waals surface area contributed by atoms with Gasteiger partial charge in [0.1, 0.15) is 0 Å². The van der Waals surface area contributed by atoms with Crippen molar-refractivity contribution in [1.29, 1.82) is 0 Å². The Morgan fingerprint density at radius 3 is 1.15 bits per heavy atom. The van der Waals surface area contributed by atoms with E-state index in [2.05, 4.69) is 99.6 Å². The van der Waals surface area contributed by atoms with Crippen LogP contribution in [0.25, 0.3) is 0 Å². The molecule has 66 heavy (non-hydrogen) atoms. The summed E-state index contributed by atoms with van der Waals surface area (Å²) in [5.74, 6) is 2.45. The lowest BCUT2D eigenvalue weighted by Gasteiger charge is -2.18. The molecule has 4 rings (SSSR count). The summed E-state index contributed by atoms with van der Waals surface area (Å²) in [7, 11) is 0. The Balaban J connectivity index is 0.000000350. The smallest absolute Gasteiger partial charge is 0.190 e. The molecule has 2 atom stereocenters. The fraction of sp³-hybridized carbons (Fsp3) is 0.516. The molecule has 358 valence electrons. The molecule has 0 aromatic heterocycles. The van der Waals surface area contributed by atoms with E-state index < -0.39 is 0 Å². The van der Waals surface area contributed by atoms with E-state index in [4.69, 9.17) is 0 Å². The Morgan fingerprint density at radius 2 is 0.758 bits per heavy atom. The van der Waals surface area contributed by atoms with Gasteiger partial charge < -0.3 is 0 Å². The van der Waals surface area contributed by atoms with Gasteiger partial charge in [0, 0.05) is 44.5 Å². The lowest BCUT2D eigenvalue weighted by molar-refractivity contribution is 0.0973. The van der Waals surface area contributed by atoms with Gasteiger partial charge in [0.25, 0.3) is 0 Å². The fourth-order valence-corrected chi connectivity index (χ4v) is 8.94. The van der Waals surface area contributed by atoms with E-state index in [-0.39, 0.29) is 23.1 Å². The van der Waals surface area contributed by atoms with Gasteiger partial charge in [-0.3, -0.25) is 19.2 Å². The summed E-state index contributed by atoms with van der Waals surface area (Å²) in [5.41, 5.74) is 11.5. The van der Waals surface area contributed by atoms with Crippen molar-refractivity contribution in [2.75, 3.05) is 0 Å². The van der Waals surface area contributed by atoms with Crippen LogP contribution in [0.3, 0.4) is 0 Å². The molecule has 2 aliphatic rings. The monoisotopic (exact) mass is 895 g/mol. The number of carbonyl (C=O) groups excluding carboxylic acids is 4. The number of carbonyl (C=O) groups is 4. The van der Waals surface area contributed by atoms with Crippen molar-refractivity contribution in [2.45, 2.75) is 192 Å². The predicted molar refractivity (Wildman–Crippen MR) is 282 cm³/mol. The number of rotatable bonds is 25. The molecule has 2 unspecified atom stereocenters. The standard InChI is InChI=1S/C31H46O2.C31H40O2/c2*1-22(2)12-9-13-23(3)14-10-15-24(4)16-11-17-25(5)20-21-27-26(6)30(32)28-18-7-8-19-29(28)31(27)33/h7-8,18-20,22-24H,9-17,21H2,1-6H3;7-8,12,14,16,18-20H,9-11,13,15,17,21H2,1-6H3/b25-20-;23-14+,24-16+,25-20+. The highest BCUT2D eigenvalue weighted by Gasteiger charge is 2.30. The van der Waals surface area contributed by atoms with Crippen molar-refractivity contribution in [3.8, 4) is 0 Å². The Kier molecular flexibility index (Phi) is 24.6. The zero-order valence-corrected chi connectivity index (χ0v) is 43.4. The normalized spacial score (nSPS) is 15.8. The summed E-state index contributed by atoms with van der Waals surface area (Å²) >= 11 is 0. The SMILES string of the molecule is CC(C)=CCC/C(C)=C/CC/C(C)=C/CC/C(C)=C/CC1=C(C)C(=O)c2ccccc2C1=O.CC1=C(C/C=C(/C)CCCC(C)CCCC(C)CCCC(C)C)C(=O)c2ccccc2C1=O. The number of hydrogen-bond donors (Lipinski definition) is 0. The Morgan fingerprint density at radius 1 is 0.424 bits per heavy atom. The molecule has 4 heteroatoms. The summed E-state index contributed by atoms with van der Waals surface area (Å²) in [6.45, 7) is 26.0. The minimum atomic E-state index is -0.0222. The molecule has 0 fully saturated rings. The maximum Gasteiger partial charge on any atom is 0.190 e. The number of hydrogen-bond acceptors (Lipinski definition) is 4. The van der Waals surface area contributed by atoms with E-state index in [1.54, 1.807) is 38.1 Å². The summed E-state index contributed by atoms with van der Waals surface area (Å²) in [4.78, 5) is 51.0. The molecule has 0 bridgehead atoms. The summed E-state index contributed by atoms with van der Waals surface area (Å²) in [5, 5.41) is 0. The number of ketones is 4. The minimum Gasteiger partial charge on any atom is -0.289 e. The van der Waals surface area contributed by atoms with Crippen LogP contribution in [0.2, 0.25) is 0 Å². The van der Waals surface area contributed by atoms with Gasteiger partial charge >= 0.3 is 0 Å². The van der Waals surface area contributed by atoms with Crippen LogP contribution < -0.4 is 0 Å². The molecule has 2 aliphatic carbocycles. The first-order valence-corrected chi connectivity index (χ1v) is 25.4. The second-order valence-electron chi connectivity index (χ2n) is 20.5. The van der Waals surface area contributed by atoms with E-state index in [0.717, 1.165) is 62.7 Å². The molecule has 0 radical (unpaired) electrons. The number of Topliss-reactive ketones (excluding diaryl/α,β-unsaturated/α-hetero) is 4. The van der Waals surface area contributed by atoms with Gasteiger partial charge in [-0.15, -0.1) is 0 Å². The molecule has 0 heterocycles. The van der Waals surface area contributed by atoms with Crippen LogP contribution >= 0.6 is 0 Å². The van der Waals surface area contributed by atoms with Crippen molar-refractivity contribution in [2.24, 2.45) is 17.8 Å². The first-order valence-electron chi connectivity index (χ1n) is 25.4. The van der Waals surface area contributed by atoms with Crippen LogP contribution in [0, 0.1) is 17.8 Å².